The Morgan fingerprint density at radius 1 is 1.21 bits per heavy atom. The van der Waals surface area contributed by atoms with E-state index in [2.05, 4.69) is 99.5 Å². The first-order chi connectivity index (χ1) is 16.2. The van der Waals surface area contributed by atoms with Gasteiger partial charge in [0.05, 0.1) is 18.6 Å². The van der Waals surface area contributed by atoms with Crippen LogP contribution in [-0.4, -0.2) is 61.5 Å². The van der Waals surface area contributed by atoms with Crippen molar-refractivity contribution in [1.82, 2.24) is 20.5 Å². The van der Waals surface area contributed by atoms with Gasteiger partial charge in [0.1, 0.15) is 0 Å². The molecule has 1 fully saturated rings. The van der Waals surface area contributed by atoms with Crippen molar-refractivity contribution in [2.24, 2.45) is 16.0 Å². The number of nitrogens with one attached hydrogen (secondary N) is 2. The van der Waals surface area contributed by atoms with E-state index >= 15 is 0 Å². The van der Waals surface area contributed by atoms with Crippen LogP contribution in [-0.2, 0) is 6.54 Å². The van der Waals surface area contributed by atoms with Crippen molar-refractivity contribution < 1.29 is 0 Å². The van der Waals surface area contributed by atoms with Crippen LogP contribution >= 0.6 is 0 Å². The minimum absolute atomic E-state index is 0.142. The van der Waals surface area contributed by atoms with Gasteiger partial charge in [0.15, 0.2) is 0 Å². The lowest BCUT2D eigenvalue weighted by atomic mass is 10.00. The number of hydrogen-bond donors (Lipinski definition) is 2. The average Bonchev–Trinajstić information content (AvgIpc) is 3.49. The number of hydrogen-bond acceptors (Lipinski definition) is 6. The Morgan fingerprint density at radius 3 is 2.94 bits per heavy atom. The van der Waals surface area contributed by atoms with E-state index < -0.39 is 0 Å². The summed E-state index contributed by atoms with van der Waals surface area (Å²) < 4.78 is 0. The number of likely N-dealkylation sites (N-methyl/N-ethyl adjacent to an activating group) is 1. The molecule has 3 aliphatic heterocycles. The number of fused-ring (bicyclic) bond motifs is 1. The Balaban J connectivity index is 1.37. The van der Waals surface area contributed by atoms with Crippen LogP contribution in [0.4, 0.5) is 0 Å². The molecule has 1 aromatic rings. The van der Waals surface area contributed by atoms with Crippen molar-refractivity contribution in [2.75, 3.05) is 33.2 Å². The molecule has 6 nitrogen and oxygen atoms in total. The van der Waals surface area contributed by atoms with Gasteiger partial charge in [0.2, 0.25) is 0 Å². The van der Waals surface area contributed by atoms with E-state index in [0.29, 0.717) is 0 Å². The Morgan fingerprint density at radius 2 is 2.09 bits per heavy atom. The molecule has 3 atom stereocenters. The molecule has 1 aromatic carbocycles. The third-order valence-electron chi connectivity index (χ3n) is 6.60. The van der Waals surface area contributed by atoms with E-state index in [0.717, 1.165) is 39.1 Å². The van der Waals surface area contributed by atoms with Gasteiger partial charge in [-0.05, 0) is 54.7 Å². The van der Waals surface area contributed by atoms with Crippen LogP contribution in [0.5, 0.6) is 0 Å². The average molecular weight is 447 g/mol. The highest BCUT2D eigenvalue weighted by Crippen LogP contribution is 2.22. The summed E-state index contributed by atoms with van der Waals surface area (Å²) in [5.41, 5.74) is 7.06. The van der Waals surface area contributed by atoms with Crippen LogP contribution < -0.4 is 10.7 Å². The van der Waals surface area contributed by atoms with Gasteiger partial charge in [-0.25, -0.2) is 0 Å². The highest BCUT2D eigenvalue weighted by molar-refractivity contribution is 5.84. The molecular formula is C27H38N6. The molecule has 0 spiro atoms. The summed E-state index contributed by atoms with van der Waals surface area (Å²) in [6.07, 6.45) is 20.9. The Bertz CT molecular complexity index is 907. The molecule has 176 valence electrons. The molecule has 0 saturated carbocycles. The number of unbranched alkanes of at least 4 members (excludes halogenated alkanes) is 2. The van der Waals surface area contributed by atoms with Gasteiger partial charge in [-0.15, -0.1) is 0 Å². The SMILES string of the molecule is CCCC/C=C/C(N/C=C/C1C=NNC1/C=C/N1CCN(C)CC1)c1ccc2c(c1)C=NC2. The van der Waals surface area contributed by atoms with Gasteiger partial charge in [-0.2, -0.15) is 5.10 Å². The van der Waals surface area contributed by atoms with Crippen molar-refractivity contribution in [3.63, 3.8) is 0 Å². The van der Waals surface area contributed by atoms with E-state index in [1.807, 2.05) is 12.4 Å². The molecular weight excluding hydrogens is 408 g/mol. The first-order valence-corrected chi connectivity index (χ1v) is 12.3. The first kappa shape index (κ1) is 23.3. The van der Waals surface area contributed by atoms with Gasteiger partial charge < -0.3 is 20.5 Å². The summed E-state index contributed by atoms with van der Waals surface area (Å²) in [5.74, 6) is 0.234. The number of allylic oxidation sites excluding steroid dienone is 1. The molecule has 33 heavy (non-hydrogen) atoms. The molecule has 3 heterocycles. The molecule has 0 bridgehead atoms. The highest BCUT2D eigenvalue weighted by atomic mass is 15.3. The summed E-state index contributed by atoms with van der Waals surface area (Å²) >= 11 is 0. The van der Waals surface area contributed by atoms with Crippen molar-refractivity contribution in [3.8, 4) is 0 Å². The smallest absolute Gasteiger partial charge is 0.0750 e. The minimum Gasteiger partial charge on any atom is -0.381 e. The van der Waals surface area contributed by atoms with Crippen molar-refractivity contribution in [3.05, 3.63) is 71.6 Å². The van der Waals surface area contributed by atoms with Crippen LogP contribution in [0.3, 0.4) is 0 Å². The third-order valence-corrected chi connectivity index (χ3v) is 6.60. The molecule has 4 rings (SSSR count). The fourth-order valence-electron chi connectivity index (χ4n) is 4.32. The topological polar surface area (TPSA) is 55.3 Å². The molecule has 1 saturated heterocycles. The van der Waals surface area contributed by atoms with Crippen molar-refractivity contribution >= 4 is 12.4 Å². The molecule has 0 radical (unpaired) electrons. The fourth-order valence-corrected chi connectivity index (χ4v) is 4.32. The second kappa shape index (κ2) is 11.8. The lowest BCUT2D eigenvalue weighted by Gasteiger charge is -2.31. The van der Waals surface area contributed by atoms with Crippen LogP contribution in [0.1, 0.15) is 48.9 Å². The zero-order chi connectivity index (χ0) is 22.9. The highest BCUT2D eigenvalue weighted by Gasteiger charge is 2.20. The number of hydrazone groups is 1. The third kappa shape index (κ3) is 6.57. The molecule has 2 N–H and O–H groups in total. The summed E-state index contributed by atoms with van der Waals surface area (Å²) in [6.45, 7) is 7.44. The van der Waals surface area contributed by atoms with Crippen LogP contribution in [0.25, 0.3) is 0 Å². The maximum absolute atomic E-state index is 4.40. The van der Waals surface area contributed by atoms with Gasteiger partial charge in [-0.1, -0.05) is 50.1 Å². The van der Waals surface area contributed by atoms with E-state index in [1.54, 1.807) is 0 Å². The Hall–Kier alpha value is -2.86. The molecule has 3 aliphatic rings. The van der Waals surface area contributed by atoms with E-state index in [1.165, 1.54) is 29.5 Å². The van der Waals surface area contributed by atoms with Gasteiger partial charge in [0.25, 0.3) is 0 Å². The molecule has 0 aromatic heterocycles. The molecule has 0 aliphatic carbocycles. The summed E-state index contributed by atoms with van der Waals surface area (Å²) in [7, 11) is 2.18. The van der Waals surface area contributed by atoms with Crippen molar-refractivity contribution in [2.45, 2.75) is 44.8 Å². The summed E-state index contributed by atoms with van der Waals surface area (Å²) in [5, 5.41) is 7.95. The van der Waals surface area contributed by atoms with Crippen molar-refractivity contribution in [1.29, 1.82) is 0 Å². The fraction of sp³-hybridized carbons (Fsp3) is 0.481. The van der Waals surface area contributed by atoms with E-state index in [4.69, 9.17) is 0 Å². The second-order valence-corrected chi connectivity index (χ2v) is 9.19. The monoisotopic (exact) mass is 446 g/mol. The second-order valence-electron chi connectivity index (χ2n) is 9.19. The van der Waals surface area contributed by atoms with E-state index in [9.17, 15) is 0 Å². The number of piperazine rings is 1. The number of benzene rings is 1. The summed E-state index contributed by atoms with van der Waals surface area (Å²) in [6, 6.07) is 7.04. The maximum Gasteiger partial charge on any atom is 0.0750 e. The van der Waals surface area contributed by atoms with Crippen LogP contribution in [0.2, 0.25) is 0 Å². The molecule has 6 heteroatoms. The zero-order valence-corrected chi connectivity index (χ0v) is 20.0. The standard InChI is InChI=1S/C27H38N6/c1-3-4-5-6-7-26(22-8-9-23-19-28-20-25(23)18-22)29-12-10-24-21-30-31-27(24)11-13-33-16-14-32(2)15-17-33/h6-13,18,20-21,24,26-27,29,31H,3-5,14-17,19H2,1-2H3/b7-6+,12-10+,13-11+. The normalized spacial score (nSPS) is 23.8. The van der Waals surface area contributed by atoms with Crippen LogP contribution in [0.15, 0.2) is 65.0 Å². The predicted molar refractivity (Wildman–Crippen MR) is 139 cm³/mol. The lowest BCUT2D eigenvalue weighted by molar-refractivity contribution is 0.198. The zero-order valence-electron chi connectivity index (χ0n) is 20.0. The number of aliphatic imine (C=N–C) groups is 1. The van der Waals surface area contributed by atoms with E-state index in [-0.39, 0.29) is 18.0 Å². The first-order valence-electron chi connectivity index (χ1n) is 12.3. The lowest BCUT2D eigenvalue weighted by Crippen LogP contribution is -2.42. The quantitative estimate of drug-likeness (QED) is 0.424. The van der Waals surface area contributed by atoms with Gasteiger partial charge in [-0.3, -0.25) is 4.99 Å². The Labute approximate surface area is 198 Å². The van der Waals surface area contributed by atoms with Gasteiger partial charge in [0, 0.05) is 44.5 Å². The van der Waals surface area contributed by atoms with Crippen LogP contribution in [0, 0.1) is 5.92 Å². The van der Waals surface area contributed by atoms with Gasteiger partial charge >= 0.3 is 0 Å². The largest absolute Gasteiger partial charge is 0.381 e. The Kier molecular flexibility index (Phi) is 8.36. The summed E-state index contributed by atoms with van der Waals surface area (Å²) in [4.78, 5) is 9.18. The number of rotatable bonds is 10. The predicted octanol–water partition coefficient (Wildman–Crippen LogP) is 3.84. The minimum atomic E-state index is 0.142. The molecule has 0 amide bonds. The molecule has 3 unspecified atom stereocenters. The maximum atomic E-state index is 4.40. The number of nitrogens with zero attached hydrogens (tertiary/aromatic N) is 4.